The Morgan fingerprint density at radius 1 is 1.71 bits per heavy atom. The summed E-state index contributed by atoms with van der Waals surface area (Å²) >= 11 is 4.67. The maximum absolute atomic E-state index is 4.67. The van der Waals surface area contributed by atoms with Gasteiger partial charge in [-0.2, -0.15) is 0 Å². The van der Waals surface area contributed by atoms with Crippen molar-refractivity contribution in [2.24, 2.45) is 0 Å². The van der Waals surface area contributed by atoms with Crippen LogP contribution in [0.3, 0.4) is 0 Å². The topological polar surface area (TPSA) is 0 Å². The van der Waals surface area contributed by atoms with Crippen molar-refractivity contribution in [2.75, 3.05) is 0 Å². The fourth-order valence-corrected chi connectivity index (χ4v) is 0.777. The van der Waals surface area contributed by atoms with E-state index in [1.807, 2.05) is 0 Å². The van der Waals surface area contributed by atoms with Crippen LogP contribution in [0.15, 0.2) is 22.3 Å². The van der Waals surface area contributed by atoms with Crippen LogP contribution in [0, 0.1) is 0 Å². The SMILES string of the molecule is CC1=[C]([Ni])CC=C1. The Bertz CT molecular complexity index is 131. The third-order valence-corrected chi connectivity index (χ3v) is 1.65. The molecule has 0 heterocycles. The molecule has 0 atom stereocenters. The first kappa shape index (κ1) is 5.12. The van der Waals surface area contributed by atoms with Crippen LogP contribution in [0.25, 0.3) is 0 Å². The van der Waals surface area contributed by atoms with E-state index >= 15 is 0 Å². The van der Waals surface area contributed by atoms with Crippen molar-refractivity contribution in [1.82, 2.24) is 0 Å². The zero-order chi connectivity index (χ0) is 5.28. The fraction of sp³-hybridized carbons (Fsp3) is 0.333. The molecule has 1 heteroatoms. The summed E-state index contributed by atoms with van der Waals surface area (Å²) < 4.78 is 1.14. The van der Waals surface area contributed by atoms with Crippen molar-refractivity contribution in [1.29, 1.82) is 0 Å². The first-order valence-corrected chi connectivity index (χ1v) is 2.79. The van der Waals surface area contributed by atoms with Gasteiger partial charge in [0.1, 0.15) is 0 Å². The third kappa shape index (κ3) is 0.948. The Labute approximate surface area is 51.7 Å². The molecule has 7 heavy (non-hydrogen) atoms. The zero-order valence-electron chi connectivity index (χ0n) is 4.18. The molecule has 0 bridgehead atoms. The number of allylic oxidation sites excluding steroid dienone is 4. The molecule has 1 rings (SSSR count). The summed E-state index contributed by atoms with van der Waals surface area (Å²) in [5, 5.41) is 0. The van der Waals surface area contributed by atoms with Gasteiger partial charge >= 0.3 is 51.1 Å². The summed E-state index contributed by atoms with van der Waals surface area (Å²) in [6.07, 6.45) is 5.19. The van der Waals surface area contributed by atoms with Crippen molar-refractivity contribution in [2.45, 2.75) is 13.3 Å². The standard InChI is InChI=1S/C6H7.Ni/c1-6-4-2-3-5-6;/h2,4H,3H2,1H3;. The predicted molar refractivity (Wildman–Crippen MR) is 26.5 cm³/mol. The molecule has 0 spiro atoms. The molecule has 0 saturated carbocycles. The quantitative estimate of drug-likeness (QED) is 0.447. The molecular formula is C6H7Ni. The second-order valence-corrected chi connectivity index (χ2v) is 2.25. The average Bonchev–Trinajstić information content (AvgIpc) is 1.91. The molecule has 0 aromatic carbocycles. The van der Waals surface area contributed by atoms with Gasteiger partial charge in [-0.15, -0.1) is 0 Å². The van der Waals surface area contributed by atoms with Gasteiger partial charge in [-0.1, -0.05) is 0 Å². The van der Waals surface area contributed by atoms with Crippen molar-refractivity contribution in [3.05, 3.63) is 22.3 Å². The second kappa shape index (κ2) is 1.83. The predicted octanol–water partition coefficient (Wildman–Crippen LogP) is 1.77. The van der Waals surface area contributed by atoms with Gasteiger partial charge in [-0.25, -0.2) is 0 Å². The van der Waals surface area contributed by atoms with E-state index in [9.17, 15) is 0 Å². The van der Waals surface area contributed by atoms with Crippen molar-refractivity contribution in [3.63, 3.8) is 0 Å². The average molecular weight is 138 g/mol. The molecule has 41 valence electrons. The molecule has 0 nitrogen and oxygen atoms in total. The minimum atomic E-state index is 1.01. The molecule has 1 aliphatic rings. The molecule has 1 aliphatic carbocycles. The Hall–Kier alpha value is -0.0265. The summed E-state index contributed by atoms with van der Waals surface area (Å²) in [6, 6.07) is 0. The van der Waals surface area contributed by atoms with Gasteiger partial charge in [0.25, 0.3) is 0 Å². The Morgan fingerprint density at radius 2 is 2.43 bits per heavy atom. The summed E-state index contributed by atoms with van der Waals surface area (Å²) in [5.74, 6) is 0. The molecular weight excluding hydrogens is 131 g/mol. The van der Waals surface area contributed by atoms with Crippen molar-refractivity contribution >= 4 is 0 Å². The van der Waals surface area contributed by atoms with Gasteiger partial charge in [-0.05, 0) is 0 Å². The molecule has 0 saturated heterocycles. The Kier molecular flexibility index (Phi) is 1.34. The monoisotopic (exact) mass is 137 g/mol. The molecule has 0 radical (unpaired) electrons. The fourth-order valence-electron chi connectivity index (χ4n) is 0.578. The molecule has 0 unspecified atom stereocenters. The van der Waals surface area contributed by atoms with E-state index < -0.39 is 0 Å². The van der Waals surface area contributed by atoms with Crippen LogP contribution in [0.2, 0.25) is 0 Å². The molecule has 0 aliphatic heterocycles. The molecule has 0 N–H and O–H groups in total. The number of rotatable bonds is 0. The Morgan fingerprint density at radius 3 is 2.57 bits per heavy atom. The van der Waals surface area contributed by atoms with Gasteiger partial charge < -0.3 is 0 Å². The summed E-state index contributed by atoms with van der Waals surface area (Å²) in [7, 11) is 0. The molecule has 0 fully saturated rings. The van der Waals surface area contributed by atoms with Crippen LogP contribution in [-0.2, 0) is 15.5 Å². The summed E-state index contributed by atoms with van der Waals surface area (Å²) in [6.45, 7) is 2.06. The van der Waals surface area contributed by atoms with Crippen LogP contribution < -0.4 is 0 Å². The molecule has 0 aromatic heterocycles. The second-order valence-electron chi connectivity index (χ2n) is 1.66. The van der Waals surface area contributed by atoms with E-state index in [4.69, 9.17) is 0 Å². The van der Waals surface area contributed by atoms with E-state index in [-0.39, 0.29) is 0 Å². The third-order valence-electron chi connectivity index (χ3n) is 1.06. The van der Waals surface area contributed by atoms with Crippen LogP contribution in [0.5, 0.6) is 0 Å². The minimum absolute atomic E-state index is 1.01. The summed E-state index contributed by atoms with van der Waals surface area (Å²) in [5.41, 5.74) is 1.28. The summed E-state index contributed by atoms with van der Waals surface area (Å²) in [4.78, 5) is 0. The van der Waals surface area contributed by atoms with Crippen LogP contribution in [-0.4, -0.2) is 0 Å². The van der Waals surface area contributed by atoms with Crippen molar-refractivity contribution < 1.29 is 15.5 Å². The van der Waals surface area contributed by atoms with Gasteiger partial charge in [0.15, 0.2) is 0 Å². The van der Waals surface area contributed by atoms with Crippen LogP contribution in [0.1, 0.15) is 13.3 Å². The molecule has 0 amide bonds. The number of hydrogen-bond donors (Lipinski definition) is 0. The van der Waals surface area contributed by atoms with E-state index in [0.29, 0.717) is 0 Å². The maximum atomic E-state index is 4.67. The molecule has 0 aromatic rings. The van der Waals surface area contributed by atoms with E-state index in [0.717, 1.165) is 11.0 Å². The zero-order valence-corrected chi connectivity index (χ0v) is 5.17. The normalized spacial score (nSPS) is 19.3. The van der Waals surface area contributed by atoms with E-state index in [1.54, 1.807) is 0 Å². The van der Waals surface area contributed by atoms with Crippen molar-refractivity contribution in [3.8, 4) is 0 Å². The Balaban J connectivity index is 2.79. The van der Waals surface area contributed by atoms with Gasteiger partial charge in [0.2, 0.25) is 0 Å². The van der Waals surface area contributed by atoms with Gasteiger partial charge in [0, 0.05) is 0 Å². The van der Waals surface area contributed by atoms with Crippen LogP contribution in [0.4, 0.5) is 0 Å². The number of hydrogen-bond acceptors (Lipinski definition) is 0. The van der Waals surface area contributed by atoms with E-state index in [1.165, 1.54) is 5.57 Å². The first-order valence-electron chi connectivity index (χ1n) is 2.29. The first-order chi connectivity index (χ1) is 3.30. The van der Waals surface area contributed by atoms with Gasteiger partial charge in [0.05, 0.1) is 0 Å². The van der Waals surface area contributed by atoms with Crippen LogP contribution >= 0.6 is 0 Å². The van der Waals surface area contributed by atoms with E-state index in [2.05, 4.69) is 34.5 Å². The van der Waals surface area contributed by atoms with Gasteiger partial charge in [-0.3, -0.25) is 0 Å².